The van der Waals surface area contributed by atoms with Gasteiger partial charge in [0.1, 0.15) is 23.4 Å². The number of rotatable bonds is 5. The Morgan fingerprint density at radius 2 is 1.56 bits per heavy atom. The molecule has 36 heavy (non-hydrogen) atoms. The van der Waals surface area contributed by atoms with Crippen LogP contribution in [0.25, 0.3) is 11.1 Å². The van der Waals surface area contributed by atoms with Gasteiger partial charge in [-0.1, -0.05) is 0 Å². The number of aromatic hydroxyl groups is 2. The van der Waals surface area contributed by atoms with Crippen LogP contribution in [0.15, 0.2) is 36.4 Å². The maximum atomic E-state index is 12.2. The molecule has 2 N–H and O–H groups in total. The lowest BCUT2D eigenvalue weighted by atomic mass is 9.80. The molecule has 5 rings (SSSR count). The molecule has 188 valence electrons. The quantitative estimate of drug-likeness (QED) is 0.496. The monoisotopic (exact) mass is 492 g/mol. The van der Waals surface area contributed by atoms with Gasteiger partial charge in [0.05, 0.1) is 33.9 Å². The summed E-state index contributed by atoms with van der Waals surface area (Å²) < 4.78 is 28.4. The van der Waals surface area contributed by atoms with Crippen molar-refractivity contribution in [2.75, 3.05) is 27.9 Å². The first-order valence-corrected chi connectivity index (χ1v) is 11.7. The van der Waals surface area contributed by atoms with E-state index >= 15 is 0 Å². The van der Waals surface area contributed by atoms with Crippen molar-refractivity contribution in [1.82, 2.24) is 0 Å². The smallest absolute Gasteiger partial charge is 0.303 e. The first kappa shape index (κ1) is 23.7. The van der Waals surface area contributed by atoms with Crippen LogP contribution in [0.3, 0.4) is 0 Å². The molecule has 0 aromatic heterocycles. The molecule has 8 heteroatoms. The van der Waals surface area contributed by atoms with Gasteiger partial charge in [-0.15, -0.1) is 0 Å². The van der Waals surface area contributed by atoms with E-state index in [0.29, 0.717) is 11.5 Å². The third-order valence-electron chi connectivity index (χ3n) is 6.87. The van der Waals surface area contributed by atoms with Crippen molar-refractivity contribution in [2.45, 2.75) is 31.8 Å². The zero-order chi connectivity index (χ0) is 25.6. The Kier molecular flexibility index (Phi) is 6.04. The molecule has 8 nitrogen and oxygen atoms in total. The number of aryl methyl sites for hydroxylation is 2. The summed E-state index contributed by atoms with van der Waals surface area (Å²) in [4.78, 5) is 12.2. The molecular formula is C28H28O8. The summed E-state index contributed by atoms with van der Waals surface area (Å²) in [5, 5.41) is 20.5. The van der Waals surface area contributed by atoms with E-state index in [9.17, 15) is 15.0 Å². The highest BCUT2D eigenvalue weighted by Crippen LogP contribution is 2.50. The maximum Gasteiger partial charge on any atom is 0.303 e. The standard InChI is InChI=1S/C28H28O8/c1-14(29)36-28-20-12-19-15(5-6-16-7-18(30)11-23(32-2)26(16)19)8-22(20)35-13-21(28)17-9-24(33-3)27(31)25(10-17)34-4/h7-12,21,28,30-31H,5-6,13H2,1-4H3. The van der Waals surface area contributed by atoms with Gasteiger partial charge in [0, 0.05) is 24.1 Å². The molecule has 3 aromatic rings. The number of carbonyl (C=O) groups excluding carboxylic acids is 1. The Hall–Kier alpha value is -4.07. The number of hydrogen-bond acceptors (Lipinski definition) is 8. The molecule has 3 aromatic carbocycles. The minimum absolute atomic E-state index is 0.106. The second-order valence-electron chi connectivity index (χ2n) is 8.95. The lowest BCUT2D eigenvalue weighted by molar-refractivity contribution is -0.149. The van der Waals surface area contributed by atoms with E-state index in [4.69, 9.17) is 23.7 Å². The van der Waals surface area contributed by atoms with Gasteiger partial charge >= 0.3 is 5.97 Å². The summed E-state index contributed by atoms with van der Waals surface area (Å²) in [5.74, 6) is 0.991. The average Bonchev–Trinajstić information content (AvgIpc) is 2.87. The SMILES string of the molecule is COc1cc(C2COc3cc4c(cc3C2OC(C)=O)-c2c(cc(O)cc2OC)CC4)cc(OC)c1O. The van der Waals surface area contributed by atoms with Crippen molar-refractivity contribution in [2.24, 2.45) is 0 Å². The van der Waals surface area contributed by atoms with Crippen molar-refractivity contribution in [1.29, 1.82) is 0 Å². The Balaban J connectivity index is 1.67. The number of methoxy groups -OCH3 is 3. The van der Waals surface area contributed by atoms with Gasteiger partial charge in [-0.2, -0.15) is 0 Å². The third kappa shape index (κ3) is 3.92. The van der Waals surface area contributed by atoms with E-state index in [0.717, 1.165) is 46.2 Å². The van der Waals surface area contributed by atoms with Crippen molar-refractivity contribution >= 4 is 5.97 Å². The normalized spacial score (nSPS) is 17.7. The van der Waals surface area contributed by atoms with Crippen LogP contribution >= 0.6 is 0 Å². The first-order valence-electron chi connectivity index (χ1n) is 11.7. The van der Waals surface area contributed by atoms with Crippen LogP contribution in [0.5, 0.6) is 34.5 Å². The molecule has 2 aliphatic rings. The zero-order valence-corrected chi connectivity index (χ0v) is 20.6. The predicted octanol–water partition coefficient (Wildman–Crippen LogP) is 4.67. The van der Waals surface area contributed by atoms with Gasteiger partial charge in [0.15, 0.2) is 11.5 Å². The van der Waals surface area contributed by atoms with E-state index in [2.05, 4.69) is 0 Å². The summed E-state index contributed by atoms with van der Waals surface area (Å²) in [6.45, 7) is 1.64. The predicted molar refractivity (Wildman–Crippen MR) is 131 cm³/mol. The van der Waals surface area contributed by atoms with E-state index in [-0.39, 0.29) is 35.5 Å². The van der Waals surface area contributed by atoms with Gasteiger partial charge in [-0.25, -0.2) is 0 Å². The number of hydrogen-bond donors (Lipinski definition) is 2. The molecular weight excluding hydrogens is 464 g/mol. The molecule has 1 heterocycles. The minimum atomic E-state index is -0.649. The van der Waals surface area contributed by atoms with Gasteiger partial charge in [0.25, 0.3) is 0 Å². The lowest BCUT2D eigenvalue weighted by Gasteiger charge is -2.35. The highest BCUT2D eigenvalue weighted by Gasteiger charge is 2.37. The van der Waals surface area contributed by atoms with Gasteiger partial charge < -0.3 is 33.9 Å². The highest BCUT2D eigenvalue weighted by molar-refractivity contribution is 5.81. The molecule has 2 atom stereocenters. The summed E-state index contributed by atoms with van der Waals surface area (Å²) in [6, 6.07) is 10.8. The number of benzene rings is 3. The molecule has 0 bridgehead atoms. The summed E-state index contributed by atoms with van der Waals surface area (Å²) in [5.41, 5.74) is 5.42. The number of phenols is 2. The Bertz CT molecular complexity index is 1300. The summed E-state index contributed by atoms with van der Waals surface area (Å²) in [7, 11) is 4.50. The molecule has 0 spiro atoms. The molecule has 2 unspecified atom stereocenters. The molecule has 0 saturated carbocycles. The highest BCUT2D eigenvalue weighted by atomic mass is 16.6. The fraction of sp³-hybridized carbons (Fsp3) is 0.321. The van der Waals surface area contributed by atoms with Crippen LogP contribution < -0.4 is 18.9 Å². The van der Waals surface area contributed by atoms with E-state index in [1.54, 1.807) is 31.4 Å². The fourth-order valence-corrected chi connectivity index (χ4v) is 5.22. The molecule has 1 aliphatic heterocycles. The second-order valence-corrected chi connectivity index (χ2v) is 8.95. The molecule has 0 radical (unpaired) electrons. The van der Waals surface area contributed by atoms with Crippen molar-refractivity contribution in [3.8, 4) is 45.6 Å². The zero-order valence-electron chi connectivity index (χ0n) is 20.6. The summed E-state index contributed by atoms with van der Waals surface area (Å²) in [6.07, 6.45) is 0.887. The van der Waals surface area contributed by atoms with E-state index in [1.165, 1.54) is 21.1 Å². The van der Waals surface area contributed by atoms with Crippen LogP contribution in [-0.4, -0.2) is 44.1 Å². The van der Waals surface area contributed by atoms with E-state index < -0.39 is 12.1 Å². The van der Waals surface area contributed by atoms with Crippen molar-refractivity contribution in [3.05, 3.63) is 58.7 Å². The Morgan fingerprint density at radius 3 is 2.19 bits per heavy atom. The van der Waals surface area contributed by atoms with Crippen molar-refractivity contribution in [3.63, 3.8) is 0 Å². The van der Waals surface area contributed by atoms with Gasteiger partial charge in [-0.05, 0) is 65.4 Å². The van der Waals surface area contributed by atoms with Crippen molar-refractivity contribution < 1.29 is 38.7 Å². The summed E-state index contributed by atoms with van der Waals surface area (Å²) >= 11 is 0. The second kappa shape index (κ2) is 9.18. The Labute approximate surface area is 209 Å². The van der Waals surface area contributed by atoms with Crippen LogP contribution in [0.2, 0.25) is 0 Å². The van der Waals surface area contributed by atoms with Crippen LogP contribution in [-0.2, 0) is 22.4 Å². The topological polar surface area (TPSA) is 104 Å². The largest absolute Gasteiger partial charge is 0.508 e. The van der Waals surface area contributed by atoms with Crippen LogP contribution in [0.1, 0.15) is 41.2 Å². The third-order valence-corrected chi connectivity index (χ3v) is 6.87. The fourth-order valence-electron chi connectivity index (χ4n) is 5.22. The van der Waals surface area contributed by atoms with Gasteiger partial charge in [-0.3, -0.25) is 4.79 Å². The molecule has 0 fully saturated rings. The number of fused-ring (bicyclic) bond motifs is 4. The average molecular weight is 493 g/mol. The Morgan fingerprint density at radius 1 is 0.889 bits per heavy atom. The molecule has 0 amide bonds. The van der Waals surface area contributed by atoms with Crippen LogP contribution in [0.4, 0.5) is 0 Å². The first-order chi connectivity index (χ1) is 17.3. The maximum absolute atomic E-state index is 12.2. The number of phenolic OH excluding ortho intramolecular Hbond substituents is 2. The molecule has 0 saturated heterocycles. The molecule has 1 aliphatic carbocycles. The lowest BCUT2D eigenvalue weighted by Crippen LogP contribution is -2.28. The minimum Gasteiger partial charge on any atom is -0.508 e. The van der Waals surface area contributed by atoms with Crippen LogP contribution in [0, 0.1) is 0 Å². The number of ether oxygens (including phenoxy) is 5. The number of esters is 1. The van der Waals surface area contributed by atoms with E-state index in [1.807, 2.05) is 12.1 Å². The van der Waals surface area contributed by atoms with Gasteiger partial charge in [0.2, 0.25) is 5.75 Å². The number of carbonyl (C=O) groups is 1.